The van der Waals surface area contributed by atoms with E-state index in [-0.39, 0.29) is 18.3 Å². The van der Waals surface area contributed by atoms with Crippen molar-refractivity contribution in [3.8, 4) is 0 Å². The van der Waals surface area contributed by atoms with Gasteiger partial charge in [0.2, 0.25) is 0 Å². The Morgan fingerprint density at radius 1 is 1.00 bits per heavy atom. The molecule has 1 aliphatic heterocycles. The Bertz CT molecular complexity index is 708. The molecule has 0 aliphatic carbocycles. The molecule has 3 rings (SSSR count). The van der Waals surface area contributed by atoms with E-state index < -0.39 is 0 Å². The molecule has 2 aromatic carbocycles. The van der Waals surface area contributed by atoms with Gasteiger partial charge < -0.3 is 14.6 Å². The molecule has 4 heteroatoms. The lowest BCUT2D eigenvalue weighted by molar-refractivity contribution is 0.00578. The number of nitrogens with one attached hydrogen (secondary N) is 1. The second-order valence-corrected chi connectivity index (χ2v) is 7.03. The second kappa shape index (κ2) is 5.00. The van der Waals surface area contributed by atoms with Gasteiger partial charge in [0.25, 0.3) is 0 Å². The number of rotatable bonds is 2. The summed E-state index contributed by atoms with van der Waals surface area (Å²) < 4.78 is 12.5. The predicted molar refractivity (Wildman–Crippen MR) is 93.9 cm³/mol. The highest BCUT2D eigenvalue weighted by molar-refractivity contribution is 6.64. The molecule has 1 N–H and O–H groups in total. The van der Waals surface area contributed by atoms with Crippen LogP contribution in [0, 0.1) is 6.92 Å². The van der Waals surface area contributed by atoms with E-state index in [1.165, 1.54) is 16.3 Å². The molecule has 0 atom stereocenters. The quantitative estimate of drug-likeness (QED) is 0.861. The maximum Gasteiger partial charge on any atom is 0.496 e. The number of hydrogen-bond acceptors (Lipinski definition) is 3. The van der Waals surface area contributed by atoms with E-state index >= 15 is 0 Å². The summed E-state index contributed by atoms with van der Waals surface area (Å²) >= 11 is 0. The number of anilines is 1. The van der Waals surface area contributed by atoms with Gasteiger partial charge >= 0.3 is 7.12 Å². The van der Waals surface area contributed by atoms with Crippen molar-refractivity contribution in [1.82, 2.24) is 0 Å². The summed E-state index contributed by atoms with van der Waals surface area (Å²) in [5, 5.41) is 5.80. The number of fused-ring (bicyclic) bond motifs is 1. The second-order valence-electron chi connectivity index (χ2n) is 7.03. The average Bonchev–Trinajstić information content (AvgIpc) is 2.67. The van der Waals surface area contributed by atoms with E-state index in [2.05, 4.69) is 70.3 Å². The molecule has 0 bridgehead atoms. The first-order chi connectivity index (χ1) is 10.3. The molecule has 0 saturated carbocycles. The highest BCUT2D eigenvalue weighted by Gasteiger charge is 2.52. The van der Waals surface area contributed by atoms with Crippen molar-refractivity contribution in [3.05, 3.63) is 35.9 Å². The Morgan fingerprint density at radius 3 is 2.18 bits per heavy atom. The first-order valence-electron chi connectivity index (χ1n) is 7.82. The van der Waals surface area contributed by atoms with E-state index in [4.69, 9.17) is 9.31 Å². The summed E-state index contributed by atoms with van der Waals surface area (Å²) in [5.74, 6) is 0. The number of aryl methyl sites for hydroxylation is 1. The Hall–Kier alpha value is -1.52. The SMILES string of the molecule is CNc1c(B2OC(C)(C)C(C)(C)O2)cc2ccccc2c1C. The van der Waals surface area contributed by atoms with E-state index in [1.54, 1.807) is 0 Å². The zero-order valence-electron chi connectivity index (χ0n) is 14.3. The molecule has 1 aliphatic rings. The summed E-state index contributed by atoms with van der Waals surface area (Å²) in [7, 11) is 1.60. The number of hydrogen-bond donors (Lipinski definition) is 1. The normalized spacial score (nSPS) is 19.6. The molecule has 0 radical (unpaired) electrons. The first kappa shape index (κ1) is 15.4. The molecule has 1 saturated heterocycles. The predicted octanol–water partition coefficient (Wildman–Crippen LogP) is 3.49. The molecule has 0 spiro atoms. The van der Waals surface area contributed by atoms with Crippen LogP contribution in [0.25, 0.3) is 10.8 Å². The van der Waals surface area contributed by atoms with Gasteiger partial charge in [-0.3, -0.25) is 0 Å². The zero-order chi connectivity index (χ0) is 16.1. The molecule has 0 aromatic heterocycles. The fourth-order valence-corrected chi connectivity index (χ4v) is 3.04. The van der Waals surface area contributed by atoms with Crippen LogP contribution in [-0.4, -0.2) is 25.4 Å². The third-order valence-electron chi connectivity index (χ3n) is 5.10. The van der Waals surface area contributed by atoms with E-state index in [1.807, 2.05) is 7.05 Å². The van der Waals surface area contributed by atoms with Gasteiger partial charge in [-0.2, -0.15) is 0 Å². The highest BCUT2D eigenvalue weighted by Crippen LogP contribution is 2.37. The van der Waals surface area contributed by atoms with Crippen molar-refractivity contribution < 1.29 is 9.31 Å². The molecule has 0 amide bonds. The van der Waals surface area contributed by atoms with E-state index in [0.29, 0.717) is 0 Å². The van der Waals surface area contributed by atoms with Gasteiger partial charge in [-0.15, -0.1) is 0 Å². The number of benzene rings is 2. The van der Waals surface area contributed by atoms with Crippen LogP contribution in [0.15, 0.2) is 30.3 Å². The monoisotopic (exact) mass is 297 g/mol. The fourth-order valence-electron chi connectivity index (χ4n) is 3.04. The fraction of sp³-hybridized carbons (Fsp3) is 0.444. The largest absolute Gasteiger partial charge is 0.496 e. The van der Waals surface area contributed by atoms with Crippen LogP contribution in [0.5, 0.6) is 0 Å². The van der Waals surface area contributed by atoms with Crippen LogP contribution in [-0.2, 0) is 9.31 Å². The van der Waals surface area contributed by atoms with Gasteiger partial charge in [0.1, 0.15) is 0 Å². The lowest BCUT2D eigenvalue weighted by atomic mass is 9.75. The van der Waals surface area contributed by atoms with Crippen LogP contribution in [0.3, 0.4) is 0 Å². The third-order valence-corrected chi connectivity index (χ3v) is 5.10. The molecule has 1 fully saturated rings. The summed E-state index contributed by atoms with van der Waals surface area (Å²) in [4.78, 5) is 0. The van der Waals surface area contributed by atoms with Crippen LogP contribution >= 0.6 is 0 Å². The van der Waals surface area contributed by atoms with Gasteiger partial charge in [0.05, 0.1) is 11.2 Å². The molecule has 0 unspecified atom stereocenters. The Balaban J connectivity index is 2.16. The molecule has 116 valence electrons. The smallest absolute Gasteiger partial charge is 0.399 e. The van der Waals surface area contributed by atoms with E-state index in [0.717, 1.165) is 11.2 Å². The standard InChI is InChI=1S/C18H24BNO2/c1-12-14-10-8-7-9-13(14)11-15(16(12)20-6)19-21-17(2,3)18(4,5)22-19/h7-11,20H,1-6H3. The van der Waals surface area contributed by atoms with Gasteiger partial charge in [-0.1, -0.05) is 30.3 Å². The third kappa shape index (κ3) is 2.22. The summed E-state index contributed by atoms with van der Waals surface area (Å²) in [6, 6.07) is 10.6. The minimum absolute atomic E-state index is 0.331. The van der Waals surface area contributed by atoms with Crippen molar-refractivity contribution >= 4 is 29.0 Å². The van der Waals surface area contributed by atoms with Crippen LogP contribution in [0.2, 0.25) is 0 Å². The van der Waals surface area contributed by atoms with Crippen LogP contribution < -0.4 is 10.8 Å². The maximum absolute atomic E-state index is 6.23. The minimum Gasteiger partial charge on any atom is -0.399 e. The van der Waals surface area contributed by atoms with Crippen LogP contribution in [0.4, 0.5) is 5.69 Å². The minimum atomic E-state index is -0.351. The Labute approximate surface area is 133 Å². The summed E-state index contributed by atoms with van der Waals surface area (Å²) in [5.41, 5.74) is 2.73. The van der Waals surface area contributed by atoms with E-state index in [9.17, 15) is 0 Å². The summed E-state index contributed by atoms with van der Waals surface area (Å²) in [6.45, 7) is 10.5. The van der Waals surface area contributed by atoms with Crippen molar-refractivity contribution in [3.63, 3.8) is 0 Å². The topological polar surface area (TPSA) is 30.5 Å². The van der Waals surface area contributed by atoms with Crippen molar-refractivity contribution in [2.75, 3.05) is 12.4 Å². The molecule has 1 heterocycles. The average molecular weight is 297 g/mol. The van der Waals surface area contributed by atoms with Crippen molar-refractivity contribution in [1.29, 1.82) is 0 Å². The van der Waals surface area contributed by atoms with Gasteiger partial charge in [-0.25, -0.2) is 0 Å². The molecule has 22 heavy (non-hydrogen) atoms. The lowest BCUT2D eigenvalue weighted by Gasteiger charge is -2.32. The van der Waals surface area contributed by atoms with Gasteiger partial charge in [0.15, 0.2) is 0 Å². The molecular weight excluding hydrogens is 273 g/mol. The maximum atomic E-state index is 6.23. The van der Waals surface area contributed by atoms with Crippen molar-refractivity contribution in [2.24, 2.45) is 0 Å². The van der Waals surface area contributed by atoms with Crippen molar-refractivity contribution in [2.45, 2.75) is 45.8 Å². The summed E-state index contributed by atoms with van der Waals surface area (Å²) in [6.07, 6.45) is 0. The lowest BCUT2D eigenvalue weighted by Crippen LogP contribution is -2.41. The van der Waals surface area contributed by atoms with Gasteiger partial charge in [-0.05, 0) is 51.0 Å². The Morgan fingerprint density at radius 2 is 1.59 bits per heavy atom. The highest BCUT2D eigenvalue weighted by atomic mass is 16.7. The Kier molecular flexibility index (Phi) is 3.50. The van der Waals surface area contributed by atoms with Gasteiger partial charge in [0, 0.05) is 18.2 Å². The molecular formula is C18H24BNO2. The zero-order valence-corrected chi connectivity index (χ0v) is 14.3. The van der Waals surface area contributed by atoms with Crippen LogP contribution in [0.1, 0.15) is 33.3 Å². The molecule has 3 nitrogen and oxygen atoms in total. The molecule has 2 aromatic rings. The first-order valence-corrected chi connectivity index (χ1v) is 7.82.